The van der Waals surface area contributed by atoms with Gasteiger partial charge in [-0.3, -0.25) is 14.4 Å². The number of carbonyl (C=O) groups is 3. The Morgan fingerprint density at radius 2 is 1.67 bits per heavy atom. The molecular formula is C21H41N3O6. The van der Waals surface area contributed by atoms with Crippen LogP contribution in [0.1, 0.15) is 66.2 Å². The zero-order chi connectivity index (χ0) is 23.2. The zero-order valence-corrected chi connectivity index (χ0v) is 18.9. The van der Waals surface area contributed by atoms with E-state index >= 15 is 0 Å². The average Bonchev–Trinajstić information content (AvgIpc) is 2.57. The smallest absolute Gasteiger partial charge is 0.290 e. The third-order valence-electron chi connectivity index (χ3n) is 5.20. The van der Waals surface area contributed by atoms with Crippen molar-refractivity contribution in [2.75, 3.05) is 26.2 Å². The summed E-state index contributed by atoms with van der Waals surface area (Å²) >= 11 is 0. The van der Waals surface area contributed by atoms with Crippen LogP contribution >= 0.6 is 0 Å². The average molecular weight is 432 g/mol. The van der Waals surface area contributed by atoms with Gasteiger partial charge < -0.3 is 30.9 Å². The van der Waals surface area contributed by atoms with E-state index in [9.17, 15) is 9.90 Å². The number of hydrogen-bond acceptors (Lipinski definition) is 6. The monoisotopic (exact) mass is 431 g/mol. The van der Waals surface area contributed by atoms with Gasteiger partial charge in [-0.05, 0) is 78.8 Å². The van der Waals surface area contributed by atoms with E-state index in [1.54, 1.807) is 0 Å². The van der Waals surface area contributed by atoms with Gasteiger partial charge >= 0.3 is 0 Å². The molecule has 0 saturated carbocycles. The highest BCUT2D eigenvalue weighted by Crippen LogP contribution is 2.34. The van der Waals surface area contributed by atoms with Gasteiger partial charge in [0.15, 0.2) is 0 Å². The molecule has 176 valence electrons. The number of carboxylic acid groups (broad SMARTS) is 2. The van der Waals surface area contributed by atoms with Crippen LogP contribution in [0, 0.1) is 5.92 Å². The highest BCUT2D eigenvalue weighted by Gasteiger charge is 2.38. The summed E-state index contributed by atoms with van der Waals surface area (Å²) in [5.74, 6) is 0.640. The first-order valence-electron chi connectivity index (χ1n) is 10.6. The van der Waals surface area contributed by atoms with Gasteiger partial charge in [0.2, 0.25) is 5.91 Å². The first kappa shape index (κ1) is 28.3. The first-order chi connectivity index (χ1) is 14.0. The molecule has 2 rings (SSSR count). The summed E-state index contributed by atoms with van der Waals surface area (Å²) in [6.45, 7) is 12.0. The Kier molecular flexibility index (Phi) is 13.5. The number of hydrogen-bond donors (Lipinski definition) is 5. The number of nitrogens with one attached hydrogen (secondary N) is 2. The van der Waals surface area contributed by atoms with Crippen molar-refractivity contribution in [2.24, 2.45) is 5.92 Å². The number of likely N-dealkylation sites (tertiary alicyclic amines) is 1. The number of β-amino-alcohol motifs (C(OH)–C–C–N with tert-alkyl or cyclic N) is 1. The highest BCUT2D eigenvalue weighted by molar-refractivity contribution is 5.76. The van der Waals surface area contributed by atoms with Crippen molar-refractivity contribution >= 4 is 18.9 Å². The van der Waals surface area contributed by atoms with Crippen molar-refractivity contribution < 1.29 is 29.7 Å². The largest absolute Gasteiger partial charge is 0.483 e. The molecule has 30 heavy (non-hydrogen) atoms. The molecule has 1 unspecified atom stereocenters. The second kappa shape index (κ2) is 14.3. The molecule has 0 bridgehead atoms. The molecule has 0 aromatic rings. The Hall–Kier alpha value is -1.71. The van der Waals surface area contributed by atoms with Gasteiger partial charge in [0, 0.05) is 30.6 Å². The van der Waals surface area contributed by atoms with E-state index in [1.165, 1.54) is 0 Å². The summed E-state index contributed by atoms with van der Waals surface area (Å²) in [4.78, 5) is 31.3. The van der Waals surface area contributed by atoms with Crippen molar-refractivity contribution in [3.63, 3.8) is 0 Å². The van der Waals surface area contributed by atoms with Crippen molar-refractivity contribution in [1.29, 1.82) is 0 Å². The molecule has 5 N–H and O–H groups in total. The minimum atomic E-state index is -0.250. The third-order valence-corrected chi connectivity index (χ3v) is 5.20. The molecular weight excluding hydrogens is 390 g/mol. The lowest BCUT2D eigenvalue weighted by Crippen LogP contribution is -2.58. The van der Waals surface area contributed by atoms with E-state index in [-0.39, 0.29) is 36.0 Å². The molecule has 2 aliphatic rings. The van der Waals surface area contributed by atoms with Crippen molar-refractivity contribution in [3.8, 4) is 0 Å². The van der Waals surface area contributed by atoms with Crippen molar-refractivity contribution in [3.05, 3.63) is 0 Å². The van der Waals surface area contributed by atoms with Crippen LogP contribution in [0.4, 0.5) is 0 Å². The minimum absolute atomic E-state index is 0.0990. The fourth-order valence-corrected chi connectivity index (χ4v) is 4.78. The fourth-order valence-electron chi connectivity index (χ4n) is 4.78. The Balaban J connectivity index is 0.00000125. The summed E-state index contributed by atoms with van der Waals surface area (Å²) in [5, 5.41) is 30.2. The van der Waals surface area contributed by atoms with E-state index in [1.807, 2.05) is 0 Å². The Morgan fingerprint density at radius 1 is 1.13 bits per heavy atom. The number of piperidine rings is 2. The molecule has 0 aliphatic carbocycles. The van der Waals surface area contributed by atoms with Gasteiger partial charge in [0.1, 0.15) is 0 Å². The number of aliphatic hydroxyl groups is 1. The lowest BCUT2D eigenvalue weighted by molar-refractivity contribution is -0.123. The maximum Gasteiger partial charge on any atom is 0.290 e. The third kappa shape index (κ3) is 13.5. The van der Waals surface area contributed by atoms with E-state index in [0.29, 0.717) is 12.3 Å². The number of amides is 1. The molecule has 0 aromatic heterocycles. The zero-order valence-electron chi connectivity index (χ0n) is 18.9. The quantitative estimate of drug-likeness (QED) is 0.313. The van der Waals surface area contributed by atoms with Crippen LogP contribution in [-0.4, -0.2) is 82.4 Å². The summed E-state index contributed by atoms with van der Waals surface area (Å²) in [6.07, 6.45) is 5.54. The molecule has 2 saturated heterocycles. The fraction of sp³-hybridized carbons (Fsp3) is 0.857. The molecule has 0 radical (unpaired) electrons. The van der Waals surface area contributed by atoms with Gasteiger partial charge in [-0.25, -0.2) is 0 Å². The SMILES string of the molecule is CC1(C)CC(CC(=O)NCCCN2CCCC(O)C2)CC(C)(C)N1.O=CO.O=CO. The summed E-state index contributed by atoms with van der Waals surface area (Å²) in [7, 11) is 0. The van der Waals surface area contributed by atoms with Gasteiger partial charge in [0.25, 0.3) is 12.9 Å². The van der Waals surface area contributed by atoms with Crippen LogP contribution in [0.15, 0.2) is 0 Å². The summed E-state index contributed by atoms with van der Waals surface area (Å²) < 4.78 is 0. The standard InChI is InChI=1S/C19H37N3O2.2CH2O2/c1-18(2)12-15(13-19(3,4)21-18)11-17(24)20-8-6-10-22-9-5-7-16(23)14-22;2*2-1-3/h15-16,21,23H,5-14H2,1-4H3,(H,20,24);2*1H,(H,2,3). The maximum absolute atomic E-state index is 12.3. The summed E-state index contributed by atoms with van der Waals surface area (Å²) in [6, 6.07) is 0. The number of nitrogens with zero attached hydrogens (tertiary/aromatic N) is 1. The van der Waals surface area contributed by atoms with E-state index in [2.05, 4.69) is 43.2 Å². The Labute approximate surface area is 180 Å². The number of aliphatic hydroxyl groups excluding tert-OH is 1. The summed E-state index contributed by atoms with van der Waals surface area (Å²) in [5.41, 5.74) is 0.198. The van der Waals surface area contributed by atoms with Crippen LogP contribution in [0.3, 0.4) is 0 Å². The maximum atomic E-state index is 12.3. The molecule has 1 amide bonds. The molecule has 9 heteroatoms. The second-order valence-electron chi connectivity index (χ2n) is 9.38. The van der Waals surface area contributed by atoms with Gasteiger partial charge in [-0.1, -0.05) is 0 Å². The number of rotatable bonds is 6. The minimum Gasteiger partial charge on any atom is -0.483 e. The lowest BCUT2D eigenvalue weighted by atomic mass is 9.74. The molecule has 0 spiro atoms. The van der Waals surface area contributed by atoms with E-state index in [0.717, 1.165) is 58.3 Å². The molecule has 2 aliphatic heterocycles. The van der Waals surface area contributed by atoms with Crippen molar-refractivity contribution in [1.82, 2.24) is 15.5 Å². The van der Waals surface area contributed by atoms with Crippen LogP contribution in [0.2, 0.25) is 0 Å². The van der Waals surface area contributed by atoms with Gasteiger partial charge in [0.05, 0.1) is 6.10 Å². The molecule has 9 nitrogen and oxygen atoms in total. The predicted octanol–water partition coefficient (Wildman–Crippen LogP) is 1.30. The predicted molar refractivity (Wildman–Crippen MR) is 115 cm³/mol. The number of carbonyl (C=O) groups excluding carboxylic acids is 1. The normalized spacial score (nSPS) is 23.0. The van der Waals surface area contributed by atoms with E-state index in [4.69, 9.17) is 19.8 Å². The molecule has 1 atom stereocenters. The van der Waals surface area contributed by atoms with Crippen molar-refractivity contribution in [2.45, 2.75) is 83.4 Å². The van der Waals surface area contributed by atoms with Gasteiger partial charge in [-0.2, -0.15) is 0 Å². The molecule has 2 fully saturated rings. The van der Waals surface area contributed by atoms with Crippen LogP contribution in [0.25, 0.3) is 0 Å². The van der Waals surface area contributed by atoms with Crippen LogP contribution in [0.5, 0.6) is 0 Å². The Morgan fingerprint density at radius 3 is 2.17 bits per heavy atom. The Bertz CT molecular complexity index is 491. The molecule has 0 aromatic carbocycles. The van der Waals surface area contributed by atoms with Crippen LogP contribution < -0.4 is 10.6 Å². The molecule has 2 heterocycles. The van der Waals surface area contributed by atoms with Crippen LogP contribution in [-0.2, 0) is 14.4 Å². The lowest BCUT2D eigenvalue weighted by Gasteiger charge is -2.46. The first-order valence-corrected chi connectivity index (χ1v) is 10.6. The van der Waals surface area contributed by atoms with E-state index < -0.39 is 0 Å². The topological polar surface area (TPSA) is 139 Å². The highest BCUT2D eigenvalue weighted by atomic mass is 16.3. The second-order valence-corrected chi connectivity index (χ2v) is 9.38. The van der Waals surface area contributed by atoms with Gasteiger partial charge in [-0.15, -0.1) is 0 Å².